The van der Waals surface area contributed by atoms with Gasteiger partial charge in [0.2, 0.25) is 0 Å². The van der Waals surface area contributed by atoms with Crippen LogP contribution in [-0.2, 0) is 13.0 Å². The Labute approximate surface area is 129 Å². The third kappa shape index (κ3) is 2.96. The number of halogens is 1. The molecule has 0 atom stereocenters. The Hall–Kier alpha value is -1.80. The molecule has 0 saturated heterocycles. The van der Waals surface area contributed by atoms with Crippen molar-refractivity contribution in [2.75, 3.05) is 0 Å². The van der Waals surface area contributed by atoms with E-state index in [4.69, 9.17) is 16.3 Å². The van der Waals surface area contributed by atoms with Crippen molar-refractivity contribution in [1.29, 1.82) is 0 Å². The number of carbonyl (C=O) groups is 1. The van der Waals surface area contributed by atoms with Crippen molar-refractivity contribution in [3.8, 4) is 5.75 Å². The molecule has 108 valence electrons. The first kappa shape index (κ1) is 14.2. The zero-order valence-corrected chi connectivity index (χ0v) is 12.7. The van der Waals surface area contributed by atoms with Gasteiger partial charge in [-0.05, 0) is 37.5 Å². The summed E-state index contributed by atoms with van der Waals surface area (Å²) in [6.45, 7) is 2.43. The molecule has 0 aliphatic heterocycles. The van der Waals surface area contributed by atoms with Crippen molar-refractivity contribution in [3.05, 3.63) is 63.7 Å². The zero-order valence-electron chi connectivity index (χ0n) is 12.0. The van der Waals surface area contributed by atoms with Gasteiger partial charge >= 0.3 is 0 Å². The Kier molecular flexibility index (Phi) is 3.98. The van der Waals surface area contributed by atoms with Crippen LogP contribution in [0.2, 0.25) is 5.02 Å². The van der Waals surface area contributed by atoms with Crippen LogP contribution in [0.15, 0.2) is 36.4 Å². The predicted molar refractivity (Wildman–Crippen MR) is 84.2 cm³/mol. The molecule has 3 heteroatoms. The maximum atomic E-state index is 11.9. The molecule has 0 saturated carbocycles. The highest BCUT2D eigenvalue weighted by Gasteiger charge is 2.20. The summed E-state index contributed by atoms with van der Waals surface area (Å²) in [5.74, 6) is 1.02. The SMILES string of the molecule is Cc1ccc(COc2cccc3c2CCCC3=O)c(Cl)c1. The number of fused-ring (bicyclic) bond motifs is 1. The minimum atomic E-state index is 0.218. The molecular weight excluding hydrogens is 284 g/mol. The molecule has 1 aliphatic rings. The van der Waals surface area contributed by atoms with Gasteiger partial charge in [0.25, 0.3) is 0 Å². The number of ether oxygens (including phenoxy) is 1. The Bertz CT molecular complexity index is 692. The maximum Gasteiger partial charge on any atom is 0.163 e. The highest BCUT2D eigenvalue weighted by Crippen LogP contribution is 2.30. The van der Waals surface area contributed by atoms with E-state index < -0.39 is 0 Å². The van der Waals surface area contributed by atoms with Crippen LogP contribution in [-0.4, -0.2) is 5.78 Å². The number of rotatable bonds is 3. The molecule has 0 heterocycles. The Morgan fingerprint density at radius 2 is 2.05 bits per heavy atom. The van der Waals surface area contributed by atoms with E-state index in [2.05, 4.69) is 0 Å². The largest absolute Gasteiger partial charge is 0.489 e. The lowest BCUT2D eigenvalue weighted by atomic mass is 9.90. The molecule has 2 aromatic rings. The summed E-state index contributed by atoms with van der Waals surface area (Å²) in [7, 11) is 0. The van der Waals surface area contributed by atoms with Gasteiger partial charge in [0.1, 0.15) is 12.4 Å². The van der Waals surface area contributed by atoms with Crippen molar-refractivity contribution in [1.82, 2.24) is 0 Å². The quantitative estimate of drug-likeness (QED) is 0.818. The van der Waals surface area contributed by atoms with Gasteiger partial charge in [0, 0.05) is 28.1 Å². The number of ketones is 1. The summed E-state index contributed by atoms with van der Waals surface area (Å²) in [5.41, 5.74) is 3.94. The number of hydrogen-bond donors (Lipinski definition) is 0. The van der Waals surface area contributed by atoms with Crippen molar-refractivity contribution in [2.45, 2.75) is 32.8 Å². The van der Waals surface area contributed by atoms with E-state index >= 15 is 0 Å². The van der Waals surface area contributed by atoms with Crippen molar-refractivity contribution < 1.29 is 9.53 Å². The fourth-order valence-electron chi connectivity index (χ4n) is 2.71. The fraction of sp³-hybridized carbons (Fsp3) is 0.278. The molecule has 0 radical (unpaired) electrons. The number of aryl methyl sites for hydroxylation is 1. The highest BCUT2D eigenvalue weighted by molar-refractivity contribution is 6.31. The second-order valence-corrected chi connectivity index (χ2v) is 5.85. The van der Waals surface area contributed by atoms with Gasteiger partial charge < -0.3 is 4.74 Å². The minimum absolute atomic E-state index is 0.218. The highest BCUT2D eigenvalue weighted by atomic mass is 35.5. The molecule has 0 N–H and O–H groups in total. The summed E-state index contributed by atoms with van der Waals surface area (Å²) in [5, 5.41) is 0.718. The minimum Gasteiger partial charge on any atom is -0.489 e. The number of hydrogen-bond acceptors (Lipinski definition) is 2. The Balaban J connectivity index is 1.83. The maximum absolute atomic E-state index is 11.9. The first-order valence-electron chi connectivity index (χ1n) is 7.18. The van der Waals surface area contributed by atoms with Gasteiger partial charge in [-0.2, -0.15) is 0 Å². The number of benzene rings is 2. The van der Waals surface area contributed by atoms with Crippen LogP contribution in [0.5, 0.6) is 5.75 Å². The smallest absolute Gasteiger partial charge is 0.163 e. The second kappa shape index (κ2) is 5.90. The van der Waals surface area contributed by atoms with E-state index in [0.717, 1.165) is 45.9 Å². The molecule has 0 aromatic heterocycles. The van der Waals surface area contributed by atoms with Gasteiger partial charge in [-0.3, -0.25) is 4.79 Å². The van der Waals surface area contributed by atoms with Crippen LogP contribution in [0.25, 0.3) is 0 Å². The first-order valence-corrected chi connectivity index (χ1v) is 7.56. The standard InChI is InChI=1S/C18H17ClO2/c1-12-8-9-13(16(19)10-12)11-21-18-7-3-4-14-15(18)5-2-6-17(14)20/h3-4,7-10H,2,5-6,11H2,1H3. The van der Waals surface area contributed by atoms with Crippen LogP contribution in [0.4, 0.5) is 0 Å². The van der Waals surface area contributed by atoms with Crippen LogP contribution < -0.4 is 4.74 Å². The van der Waals surface area contributed by atoms with Gasteiger partial charge in [-0.25, -0.2) is 0 Å². The third-order valence-electron chi connectivity index (χ3n) is 3.86. The van der Waals surface area contributed by atoms with Crippen molar-refractivity contribution in [2.24, 2.45) is 0 Å². The van der Waals surface area contributed by atoms with E-state index in [1.807, 2.05) is 43.3 Å². The molecule has 2 nitrogen and oxygen atoms in total. The van der Waals surface area contributed by atoms with E-state index in [1.54, 1.807) is 0 Å². The van der Waals surface area contributed by atoms with E-state index in [1.165, 1.54) is 0 Å². The predicted octanol–water partition coefficient (Wildman–Crippen LogP) is 4.75. The summed E-state index contributed by atoms with van der Waals surface area (Å²) in [6.07, 6.45) is 2.44. The van der Waals surface area contributed by atoms with Crippen LogP contribution in [0.1, 0.15) is 39.9 Å². The average Bonchev–Trinajstić information content (AvgIpc) is 2.47. The molecule has 2 aromatic carbocycles. The van der Waals surface area contributed by atoms with E-state index in [0.29, 0.717) is 13.0 Å². The lowest BCUT2D eigenvalue weighted by Crippen LogP contribution is -2.12. The summed E-state index contributed by atoms with van der Waals surface area (Å²) < 4.78 is 5.92. The topological polar surface area (TPSA) is 26.3 Å². The van der Waals surface area contributed by atoms with Crippen LogP contribution >= 0.6 is 11.6 Å². The van der Waals surface area contributed by atoms with Gasteiger partial charge in [0.15, 0.2) is 5.78 Å². The molecule has 3 rings (SSSR count). The number of Topliss-reactive ketones (excluding diaryl/α,β-unsaturated/α-hetero) is 1. The Morgan fingerprint density at radius 3 is 2.86 bits per heavy atom. The molecule has 1 aliphatic carbocycles. The molecule has 21 heavy (non-hydrogen) atoms. The van der Waals surface area contributed by atoms with E-state index in [9.17, 15) is 4.79 Å². The molecule has 0 unspecified atom stereocenters. The molecule has 0 bridgehead atoms. The van der Waals surface area contributed by atoms with Crippen molar-refractivity contribution >= 4 is 17.4 Å². The lowest BCUT2D eigenvalue weighted by molar-refractivity contribution is 0.0971. The normalized spacial score (nSPS) is 13.9. The average molecular weight is 301 g/mol. The third-order valence-corrected chi connectivity index (χ3v) is 4.21. The first-order chi connectivity index (χ1) is 10.1. The molecular formula is C18H17ClO2. The lowest BCUT2D eigenvalue weighted by Gasteiger charge is -2.19. The van der Waals surface area contributed by atoms with Crippen LogP contribution in [0.3, 0.4) is 0 Å². The second-order valence-electron chi connectivity index (χ2n) is 5.44. The van der Waals surface area contributed by atoms with Gasteiger partial charge in [-0.15, -0.1) is 0 Å². The van der Waals surface area contributed by atoms with Crippen LogP contribution in [0, 0.1) is 6.92 Å². The zero-order chi connectivity index (χ0) is 14.8. The summed E-state index contributed by atoms with van der Waals surface area (Å²) in [6, 6.07) is 11.6. The summed E-state index contributed by atoms with van der Waals surface area (Å²) in [4.78, 5) is 11.9. The molecule has 0 amide bonds. The van der Waals surface area contributed by atoms with E-state index in [-0.39, 0.29) is 5.78 Å². The Morgan fingerprint density at radius 1 is 1.19 bits per heavy atom. The fourth-order valence-corrected chi connectivity index (χ4v) is 2.99. The summed E-state index contributed by atoms with van der Waals surface area (Å²) >= 11 is 6.23. The monoisotopic (exact) mass is 300 g/mol. The molecule has 0 spiro atoms. The molecule has 0 fully saturated rings. The van der Waals surface area contributed by atoms with Crippen molar-refractivity contribution in [3.63, 3.8) is 0 Å². The van der Waals surface area contributed by atoms with Gasteiger partial charge in [-0.1, -0.05) is 35.9 Å². The van der Waals surface area contributed by atoms with Gasteiger partial charge in [0.05, 0.1) is 0 Å². The number of carbonyl (C=O) groups excluding carboxylic acids is 1.